The molecule has 1 aromatic carbocycles. The van der Waals surface area contributed by atoms with Crippen molar-refractivity contribution in [2.45, 2.75) is 56.3 Å². The molecular formula is C24H37N7O8S. The number of carbonyl (C=O) groups excluding carboxylic acids is 3. The minimum Gasteiger partial charge on any atom is -0.508 e. The highest BCUT2D eigenvalue weighted by molar-refractivity contribution is 7.98. The van der Waals surface area contributed by atoms with Gasteiger partial charge in [0.2, 0.25) is 17.7 Å². The third-order valence-corrected chi connectivity index (χ3v) is 6.19. The fourth-order valence-corrected chi connectivity index (χ4v) is 3.91. The first-order valence-electron chi connectivity index (χ1n) is 12.3. The van der Waals surface area contributed by atoms with Crippen LogP contribution in [-0.4, -0.2) is 93.7 Å². The first-order chi connectivity index (χ1) is 18.8. The maximum absolute atomic E-state index is 13.1. The Balaban J connectivity index is 3.05. The minimum absolute atomic E-state index is 0.0314. The normalized spacial score (nSPS) is 13.7. The number of hydrogen-bond acceptors (Lipinski definition) is 9. The molecule has 1 aromatic rings. The number of aliphatic imine (C=N–C) groups is 1. The molecule has 0 saturated carbocycles. The maximum Gasteiger partial charge on any atom is 0.326 e. The van der Waals surface area contributed by atoms with Crippen molar-refractivity contribution in [3.05, 3.63) is 29.8 Å². The quantitative estimate of drug-likeness (QED) is 0.0520. The van der Waals surface area contributed by atoms with Crippen molar-refractivity contribution in [1.29, 1.82) is 0 Å². The van der Waals surface area contributed by atoms with Crippen LogP contribution in [0.2, 0.25) is 0 Å². The van der Waals surface area contributed by atoms with Crippen LogP contribution in [-0.2, 0) is 30.4 Å². The number of nitrogens with zero attached hydrogens (tertiary/aromatic N) is 1. The summed E-state index contributed by atoms with van der Waals surface area (Å²) in [6, 6.07) is 0.383. The first-order valence-corrected chi connectivity index (χ1v) is 13.7. The van der Waals surface area contributed by atoms with Gasteiger partial charge in [-0.1, -0.05) is 12.1 Å². The Morgan fingerprint density at radius 3 is 2.02 bits per heavy atom. The van der Waals surface area contributed by atoms with Crippen LogP contribution in [0, 0.1) is 0 Å². The number of hydrogen-bond donors (Lipinski definition) is 9. The van der Waals surface area contributed by atoms with Gasteiger partial charge in [-0.25, -0.2) is 4.79 Å². The molecule has 4 atom stereocenters. The van der Waals surface area contributed by atoms with E-state index in [2.05, 4.69) is 20.9 Å². The van der Waals surface area contributed by atoms with Crippen LogP contribution in [0.25, 0.3) is 0 Å². The van der Waals surface area contributed by atoms with Gasteiger partial charge in [-0.3, -0.25) is 24.2 Å². The summed E-state index contributed by atoms with van der Waals surface area (Å²) in [5, 5.41) is 35.4. The lowest BCUT2D eigenvalue weighted by atomic mass is 10.0. The van der Waals surface area contributed by atoms with Crippen LogP contribution in [0.15, 0.2) is 29.3 Å². The van der Waals surface area contributed by atoms with Crippen LogP contribution in [0.5, 0.6) is 5.75 Å². The molecule has 16 heteroatoms. The molecule has 0 radical (unpaired) electrons. The number of nitrogens with two attached hydrogens (primary N) is 3. The number of phenolic OH excluding ortho intramolecular Hbond substituents is 1. The molecule has 0 aliphatic carbocycles. The summed E-state index contributed by atoms with van der Waals surface area (Å²) in [5.41, 5.74) is 17.0. The minimum atomic E-state index is -1.66. The van der Waals surface area contributed by atoms with Crippen LogP contribution in [0.4, 0.5) is 0 Å². The van der Waals surface area contributed by atoms with Gasteiger partial charge in [-0.05, 0) is 49.0 Å². The summed E-state index contributed by atoms with van der Waals surface area (Å²) >= 11 is 1.49. The molecule has 222 valence electrons. The monoisotopic (exact) mass is 583 g/mol. The van der Waals surface area contributed by atoms with E-state index in [1.54, 1.807) is 0 Å². The predicted octanol–water partition coefficient (Wildman–Crippen LogP) is -1.92. The number of nitrogens with one attached hydrogen (secondary N) is 3. The Morgan fingerprint density at radius 2 is 1.48 bits per heavy atom. The van der Waals surface area contributed by atoms with Gasteiger partial charge in [0.05, 0.1) is 12.5 Å². The Kier molecular flexibility index (Phi) is 14.9. The zero-order valence-corrected chi connectivity index (χ0v) is 22.9. The molecule has 0 fully saturated rings. The molecular weight excluding hydrogens is 546 g/mol. The Bertz CT molecular complexity index is 1050. The number of carbonyl (C=O) groups is 5. The zero-order valence-electron chi connectivity index (χ0n) is 22.0. The molecule has 0 bridgehead atoms. The number of aromatic hydroxyl groups is 1. The van der Waals surface area contributed by atoms with E-state index in [-0.39, 0.29) is 37.5 Å². The molecule has 40 heavy (non-hydrogen) atoms. The summed E-state index contributed by atoms with van der Waals surface area (Å²) in [6.45, 7) is 0.136. The third-order valence-electron chi connectivity index (χ3n) is 5.55. The SMILES string of the molecule is CSCCC(N)C(=O)NC(CCCN=C(N)N)C(=O)NC(CC(=O)O)C(=O)NC(Cc1ccc(O)cc1)C(=O)O. The first kappa shape index (κ1) is 34.0. The van der Waals surface area contributed by atoms with Gasteiger partial charge < -0.3 is 48.5 Å². The summed E-state index contributed by atoms with van der Waals surface area (Å²) in [4.78, 5) is 65.7. The van der Waals surface area contributed by atoms with Crippen LogP contribution in [0.3, 0.4) is 0 Å². The van der Waals surface area contributed by atoms with Crippen molar-refractivity contribution in [3.63, 3.8) is 0 Å². The van der Waals surface area contributed by atoms with Gasteiger partial charge in [0.1, 0.15) is 23.9 Å². The number of guanidine groups is 1. The smallest absolute Gasteiger partial charge is 0.326 e. The summed E-state index contributed by atoms with van der Waals surface area (Å²) in [5.74, 6) is -4.96. The average Bonchev–Trinajstić information content (AvgIpc) is 2.88. The lowest BCUT2D eigenvalue weighted by Gasteiger charge is -2.24. The van der Waals surface area contributed by atoms with E-state index in [0.29, 0.717) is 17.7 Å². The lowest BCUT2D eigenvalue weighted by Crippen LogP contribution is -2.57. The molecule has 12 N–H and O–H groups in total. The highest BCUT2D eigenvalue weighted by Crippen LogP contribution is 2.12. The summed E-state index contributed by atoms with van der Waals surface area (Å²) in [7, 11) is 0. The van der Waals surface area contributed by atoms with Crippen molar-refractivity contribution in [2.75, 3.05) is 18.6 Å². The Hall–Kier alpha value is -4.05. The van der Waals surface area contributed by atoms with Gasteiger partial charge >= 0.3 is 11.9 Å². The number of phenols is 1. The van der Waals surface area contributed by atoms with Crippen molar-refractivity contribution in [3.8, 4) is 5.75 Å². The van der Waals surface area contributed by atoms with Gasteiger partial charge in [-0.15, -0.1) is 0 Å². The van der Waals surface area contributed by atoms with E-state index < -0.39 is 60.2 Å². The molecule has 0 aliphatic heterocycles. The Morgan fingerprint density at radius 1 is 0.900 bits per heavy atom. The van der Waals surface area contributed by atoms with Crippen molar-refractivity contribution in [2.24, 2.45) is 22.2 Å². The standard InChI is InChI=1S/C24H37N7O8S/c1-40-10-8-15(25)20(35)29-16(3-2-9-28-24(26)27)21(36)30-17(12-19(33)34)22(37)31-18(23(38)39)11-13-4-6-14(32)7-5-13/h4-7,15-18,32H,2-3,8-12,25H2,1H3,(H,29,35)(H,30,36)(H,31,37)(H,33,34)(H,38,39)(H4,26,27,28). The van der Waals surface area contributed by atoms with Crippen LogP contribution < -0.4 is 33.2 Å². The van der Waals surface area contributed by atoms with E-state index in [1.807, 2.05) is 6.26 Å². The van der Waals surface area contributed by atoms with E-state index in [4.69, 9.17) is 17.2 Å². The largest absolute Gasteiger partial charge is 0.508 e. The van der Waals surface area contributed by atoms with Crippen LogP contribution in [0.1, 0.15) is 31.2 Å². The highest BCUT2D eigenvalue weighted by Gasteiger charge is 2.31. The number of carboxylic acid groups (broad SMARTS) is 2. The summed E-state index contributed by atoms with van der Waals surface area (Å²) < 4.78 is 0. The lowest BCUT2D eigenvalue weighted by molar-refractivity contribution is -0.143. The molecule has 15 nitrogen and oxygen atoms in total. The second kappa shape index (κ2) is 17.5. The topological polar surface area (TPSA) is 273 Å². The molecule has 0 saturated heterocycles. The highest BCUT2D eigenvalue weighted by atomic mass is 32.2. The fourth-order valence-electron chi connectivity index (χ4n) is 3.42. The maximum atomic E-state index is 13.1. The molecule has 1 rings (SSSR count). The predicted molar refractivity (Wildman–Crippen MR) is 148 cm³/mol. The molecule has 4 unspecified atom stereocenters. The summed E-state index contributed by atoms with van der Waals surface area (Å²) in [6.07, 6.45) is 1.44. The number of carboxylic acids is 2. The van der Waals surface area contributed by atoms with Gasteiger partial charge in [-0.2, -0.15) is 11.8 Å². The molecule has 0 spiro atoms. The Labute approximate surface area is 235 Å². The average molecular weight is 584 g/mol. The van der Waals surface area contributed by atoms with Crippen LogP contribution >= 0.6 is 11.8 Å². The van der Waals surface area contributed by atoms with Crippen molar-refractivity contribution >= 4 is 47.4 Å². The number of rotatable bonds is 18. The van der Waals surface area contributed by atoms with Gasteiger partial charge in [0.25, 0.3) is 0 Å². The number of benzene rings is 1. The molecule has 0 aromatic heterocycles. The van der Waals surface area contributed by atoms with Gasteiger partial charge in [0, 0.05) is 13.0 Å². The fraction of sp³-hybridized carbons (Fsp3) is 0.500. The second-order valence-corrected chi connectivity index (χ2v) is 9.81. The van der Waals surface area contributed by atoms with Crippen molar-refractivity contribution < 1.29 is 39.3 Å². The molecule has 3 amide bonds. The van der Waals surface area contributed by atoms with E-state index in [0.717, 1.165) is 0 Å². The van der Waals surface area contributed by atoms with Gasteiger partial charge in [0.15, 0.2) is 5.96 Å². The molecule has 0 aliphatic rings. The number of thioether (sulfide) groups is 1. The zero-order chi connectivity index (χ0) is 30.2. The number of aliphatic carboxylic acids is 2. The van der Waals surface area contributed by atoms with Crippen molar-refractivity contribution in [1.82, 2.24) is 16.0 Å². The number of amides is 3. The van der Waals surface area contributed by atoms with E-state index in [9.17, 15) is 39.3 Å². The second-order valence-electron chi connectivity index (χ2n) is 8.83. The van der Waals surface area contributed by atoms with E-state index in [1.165, 1.54) is 36.0 Å². The molecule has 0 heterocycles. The van der Waals surface area contributed by atoms with E-state index >= 15 is 0 Å². The third kappa shape index (κ3) is 13.1.